The number of nitrogens with zero attached hydrogens (tertiary/aromatic N) is 1. The summed E-state index contributed by atoms with van der Waals surface area (Å²) < 4.78 is 22.4. The predicted molar refractivity (Wildman–Crippen MR) is 244 cm³/mol. The number of hydrogen-bond acceptors (Lipinski definition) is 8. The summed E-state index contributed by atoms with van der Waals surface area (Å²) in [5, 5.41) is 1.10. The first-order valence-corrected chi connectivity index (χ1v) is 19.7. The molecule has 8 aromatic rings. The van der Waals surface area contributed by atoms with Gasteiger partial charge in [0.05, 0.1) is 18.1 Å². The normalized spacial score (nSPS) is 12.2. The Morgan fingerprint density at radius 2 is 1.29 bits per heavy atom. The number of rotatable bonds is 6. The molecule has 1 radical (unpaired) electrons. The minimum absolute atomic E-state index is 0. The third-order valence-electron chi connectivity index (χ3n) is 10.2. The van der Waals surface area contributed by atoms with Crippen LogP contribution in [-0.2, 0) is 32.9 Å². The van der Waals surface area contributed by atoms with E-state index in [2.05, 4.69) is 34.2 Å². The molecule has 11 heteroatoms. The minimum Gasteiger partial charge on any atom is -0.500 e. The summed E-state index contributed by atoms with van der Waals surface area (Å²) in [6, 6.07) is 33.8. The van der Waals surface area contributed by atoms with E-state index < -0.39 is 0 Å². The Morgan fingerprint density at radius 3 is 1.84 bits per heavy atom. The van der Waals surface area contributed by atoms with Gasteiger partial charge in [0, 0.05) is 74.3 Å². The largest absolute Gasteiger partial charge is 0.500 e. The fourth-order valence-electron chi connectivity index (χ4n) is 6.99. The van der Waals surface area contributed by atoms with Crippen LogP contribution in [0.1, 0.15) is 16.7 Å². The van der Waals surface area contributed by atoms with Crippen molar-refractivity contribution in [2.75, 3.05) is 7.11 Å². The molecule has 6 heterocycles. The van der Waals surface area contributed by atoms with Crippen LogP contribution in [-0.4, -0.2) is 22.1 Å². The molecule has 2 N–H and O–H groups in total. The number of allylic oxidation sites excluding steroid dienone is 4. The molecule has 10 nitrogen and oxygen atoms in total. The Morgan fingerprint density at radius 1 is 0.698 bits per heavy atom. The molecule has 2 aliphatic rings. The van der Waals surface area contributed by atoms with Crippen molar-refractivity contribution in [3.05, 3.63) is 224 Å². The van der Waals surface area contributed by atoms with Crippen LogP contribution in [0.25, 0.3) is 55.7 Å². The average Bonchev–Trinajstić information content (AvgIpc) is 3.31. The second-order valence-corrected chi connectivity index (χ2v) is 14.4. The molecule has 0 saturated heterocycles. The molecule has 0 amide bonds. The van der Waals surface area contributed by atoms with Gasteiger partial charge in [-0.3, -0.25) is 14.4 Å². The summed E-state index contributed by atoms with van der Waals surface area (Å²) in [5.41, 5.74) is 9.28. The molecule has 2 aliphatic heterocycles. The van der Waals surface area contributed by atoms with E-state index in [1.54, 1.807) is 68.2 Å². The van der Waals surface area contributed by atoms with Gasteiger partial charge in [-0.25, -0.2) is 0 Å². The molecule has 0 fully saturated rings. The number of aromatic amines is 2. The van der Waals surface area contributed by atoms with Crippen molar-refractivity contribution in [3.63, 3.8) is 0 Å². The van der Waals surface area contributed by atoms with Crippen molar-refractivity contribution in [2.45, 2.75) is 19.8 Å². The topological polar surface area (TPSA) is 137 Å². The van der Waals surface area contributed by atoms with Gasteiger partial charge in [-0.2, -0.15) is 0 Å². The van der Waals surface area contributed by atoms with Gasteiger partial charge in [-0.05, 0) is 138 Å². The zero-order valence-corrected chi connectivity index (χ0v) is 36.7. The maximum atomic E-state index is 12.8. The second-order valence-electron chi connectivity index (χ2n) is 14.4. The number of methoxy groups -OCH3 is 1. The summed E-state index contributed by atoms with van der Waals surface area (Å²) in [4.78, 5) is 46.1. The number of ether oxygens (including phenoxy) is 3. The van der Waals surface area contributed by atoms with Gasteiger partial charge in [-0.15, -0.1) is 23.8 Å². The van der Waals surface area contributed by atoms with Crippen molar-refractivity contribution in [2.24, 2.45) is 0 Å². The van der Waals surface area contributed by atoms with Crippen LogP contribution < -0.4 is 30.5 Å². The van der Waals surface area contributed by atoms with Gasteiger partial charge in [0.25, 0.3) is 0 Å². The van der Waals surface area contributed by atoms with Crippen LogP contribution >= 0.6 is 0 Å². The summed E-state index contributed by atoms with van der Waals surface area (Å²) in [5.74, 6) is 3.97. The second kappa shape index (κ2) is 19.4. The van der Waals surface area contributed by atoms with Crippen LogP contribution in [0.2, 0.25) is 0 Å². The Labute approximate surface area is 375 Å². The number of benzene rings is 4. The molecule has 0 atom stereocenters. The smallest absolute Gasteiger partial charge is 0.182 e. The van der Waals surface area contributed by atoms with Crippen molar-refractivity contribution in [3.8, 4) is 51.0 Å². The summed E-state index contributed by atoms with van der Waals surface area (Å²) in [6.07, 6.45) is 14.0. The number of pyridine rings is 3. The maximum Gasteiger partial charge on any atom is 0.182 e. The number of fused-ring (bicyclic) bond motifs is 4. The number of aryl methyl sites for hydroxylation is 1. The Balaban J connectivity index is 0.000000142. The molecule has 0 unspecified atom stereocenters. The molecule has 0 aliphatic carbocycles. The van der Waals surface area contributed by atoms with Crippen LogP contribution in [0.3, 0.4) is 0 Å². The molecule has 0 saturated carbocycles. The molecule has 315 valence electrons. The van der Waals surface area contributed by atoms with Gasteiger partial charge in [0.2, 0.25) is 0 Å². The summed E-state index contributed by atoms with van der Waals surface area (Å²) in [7, 11) is 1.60. The van der Waals surface area contributed by atoms with Crippen LogP contribution in [0.5, 0.6) is 17.2 Å². The zero-order chi connectivity index (χ0) is 43.2. The van der Waals surface area contributed by atoms with E-state index in [9.17, 15) is 14.4 Å². The fraction of sp³-hybridized carbons (Fsp3) is 0.0769. The van der Waals surface area contributed by atoms with E-state index in [0.29, 0.717) is 33.4 Å². The molecule has 0 spiro atoms. The minimum atomic E-state index is -0.0481. The molecule has 10 rings (SSSR count). The third-order valence-corrected chi connectivity index (χ3v) is 10.2. The fourth-order valence-corrected chi connectivity index (χ4v) is 6.99. The van der Waals surface area contributed by atoms with E-state index in [1.165, 1.54) is 12.1 Å². The molecule has 0 bridgehead atoms. The molecule has 4 aromatic carbocycles. The van der Waals surface area contributed by atoms with E-state index >= 15 is 0 Å². The average molecular weight is 1010 g/mol. The number of nitrogens with one attached hydrogen (secondary N) is 2. The van der Waals surface area contributed by atoms with Crippen LogP contribution in [0, 0.1) is 13.0 Å². The van der Waals surface area contributed by atoms with Gasteiger partial charge >= 0.3 is 0 Å². The molecular weight excluding hydrogens is 971 g/mol. The van der Waals surface area contributed by atoms with Gasteiger partial charge in [-0.1, -0.05) is 24.8 Å². The van der Waals surface area contributed by atoms with Crippen molar-refractivity contribution in [1.29, 1.82) is 0 Å². The summed E-state index contributed by atoms with van der Waals surface area (Å²) >= 11 is 0. The van der Waals surface area contributed by atoms with Crippen molar-refractivity contribution >= 4 is 21.9 Å². The van der Waals surface area contributed by atoms with E-state index in [-0.39, 0.29) is 36.4 Å². The van der Waals surface area contributed by atoms with Gasteiger partial charge in [0.1, 0.15) is 34.3 Å². The maximum absolute atomic E-state index is 12.8. The quantitative estimate of drug-likeness (QED) is 0.124. The van der Waals surface area contributed by atoms with Crippen LogP contribution in [0.15, 0.2) is 189 Å². The molecule has 4 aromatic heterocycles. The zero-order valence-electron chi connectivity index (χ0n) is 34.3. The predicted octanol–water partition coefficient (Wildman–Crippen LogP) is 10.2. The van der Waals surface area contributed by atoms with E-state index in [0.717, 1.165) is 80.6 Å². The molecular formula is C52H40IrN3O7-. The SMILES string of the molecule is C=CC1=CCc2cc(-c3cc(=O)cc[nH]3)ccc2O1.C=CC1=CCc2cc(-c3cc(=O)cc[nH]3)ccc2O1.COc1ccnc(-c2[c-]cc3oc4ccc(C)cc4c(=O)c3c2)c1.[Ir]. The summed E-state index contributed by atoms with van der Waals surface area (Å²) in [6.45, 7) is 9.35. The monoisotopic (exact) mass is 1010 g/mol. The van der Waals surface area contributed by atoms with E-state index in [1.807, 2.05) is 79.7 Å². The van der Waals surface area contributed by atoms with Gasteiger partial charge in [0.15, 0.2) is 16.3 Å². The van der Waals surface area contributed by atoms with Crippen molar-refractivity contribution in [1.82, 2.24) is 15.0 Å². The first kappa shape index (κ1) is 43.5. The Kier molecular flexibility index (Phi) is 13.4. The Hall–Kier alpha value is -7.59. The third kappa shape index (κ3) is 9.97. The molecule has 63 heavy (non-hydrogen) atoms. The Bertz CT molecular complexity index is 3140. The number of aromatic nitrogens is 3. The number of H-pyrrole nitrogens is 2. The first-order valence-electron chi connectivity index (χ1n) is 19.7. The standard InChI is InChI=1S/C20H14NO3.2C16H13NO2.Ir/c1-12-3-5-18-15(9-12)20(22)16-10-13(4-6-19(16)24-18)17-11-14(23-2)7-8-21-17;2*1-2-14-5-3-12-9-11(4-6-16(12)19-14)15-10-13(18)7-8-17-15;/h3,5-11H,1-2H3;2*2,4-10H,1,3H2,(H,17,18);/q-1;;;. The van der Waals surface area contributed by atoms with Crippen LogP contribution in [0.4, 0.5) is 0 Å². The van der Waals surface area contributed by atoms with Gasteiger partial charge < -0.3 is 33.6 Å². The van der Waals surface area contributed by atoms with E-state index in [4.69, 9.17) is 18.6 Å². The first-order chi connectivity index (χ1) is 30.2. The van der Waals surface area contributed by atoms with Crippen molar-refractivity contribution < 1.29 is 38.7 Å². The number of hydrogen-bond donors (Lipinski definition) is 2.